The van der Waals surface area contributed by atoms with Crippen LogP contribution in [-0.2, 0) is 19.4 Å². The Morgan fingerprint density at radius 3 is 2.69 bits per heavy atom. The molecule has 4 aromatic rings. The van der Waals surface area contributed by atoms with Gasteiger partial charge in [-0.05, 0) is 66.6 Å². The summed E-state index contributed by atoms with van der Waals surface area (Å²) >= 11 is 6.58. The lowest BCUT2D eigenvalue weighted by molar-refractivity contribution is 0.203. The molecule has 0 bridgehead atoms. The molecule has 0 saturated heterocycles. The number of nitrogens with zero attached hydrogens (tertiary/aromatic N) is 2. The lowest BCUT2D eigenvalue weighted by Crippen LogP contribution is -2.36. The van der Waals surface area contributed by atoms with Crippen molar-refractivity contribution < 1.29 is 0 Å². The number of nitrogens with one attached hydrogen (secondary N) is 1. The minimum atomic E-state index is 0.583. The van der Waals surface area contributed by atoms with E-state index in [0.717, 1.165) is 48.6 Å². The van der Waals surface area contributed by atoms with Crippen molar-refractivity contribution in [3.63, 3.8) is 0 Å². The molecule has 0 radical (unpaired) electrons. The second-order valence-electron chi connectivity index (χ2n) is 8.87. The van der Waals surface area contributed by atoms with Gasteiger partial charge in [0.15, 0.2) is 0 Å². The Kier molecular flexibility index (Phi) is 5.86. The molecule has 0 aliphatic carbocycles. The van der Waals surface area contributed by atoms with Gasteiger partial charge < -0.3 is 4.98 Å². The van der Waals surface area contributed by atoms with Gasteiger partial charge in [0.05, 0.1) is 16.9 Å². The van der Waals surface area contributed by atoms with E-state index in [1.807, 2.05) is 30.5 Å². The number of rotatable bonds is 5. The molecule has 0 atom stereocenters. The standard InChI is InChI=1S/C28H28ClN3/c1-19(2)32-14-13-24-22(9-6-10-23(24)18-32)15-20-11-12-26(29)25(16-20)28-30-17-27(31-28)21-7-4-3-5-8-21/h3-12,16-17,19H,13-15,18H2,1-2H3,(H,30,31). The number of H-pyrrole nitrogens is 1. The van der Waals surface area contributed by atoms with E-state index >= 15 is 0 Å². The average Bonchev–Trinajstić information content (AvgIpc) is 3.31. The van der Waals surface area contributed by atoms with Crippen LogP contribution in [0.1, 0.15) is 36.1 Å². The van der Waals surface area contributed by atoms with Crippen LogP contribution in [0.2, 0.25) is 5.02 Å². The van der Waals surface area contributed by atoms with Gasteiger partial charge in [-0.2, -0.15) is 0 Å². The largest absolute Gasteiger partial charge is 0.338 e. The molecule has 0 unspecified atom stereocenters. The van der Waals surface area contributed by atoms with Gasteiger partial charge in [0, 0.05) is 24.7 Å². The van der Waals surface area contributed by atoms with Crippen molar-refractivity contribution in [2.45, 2.75) is 39.3 Å². The van der Waals surface area contributed by atoms with Crippen LogP contribution in [0.25, 0.3) is 22.6 Å². The van der Waals surface area contributed by atoms with Gasteiger partial charge in [0.2, 0.25) is 0 Å². The molecular weight excluding hydrogens is 414 g/mol. The number of aromatic nitrogens is 2. The zero-order valence-electron chi connectivity index (χ0n) is 18.6. The van der Waals surface area contributed by atoms with E-state index in [4.69, 9.17) is 11.6 Å². The smallest absolute Gasteiger partial charge is 0.139 e. The first-order valence-corrected chi connectivity index (χ1v) is 11.7. The Morgan fingerprint density at radius 2 is 1.88 bits per heavy atom. The van der Waals surface area contributed by atoms with E-state index < -0.39 is 0 Å². The first-order valence-electron chi connectivity index (χ1n) is 11.3. The second kappa shape index (κ2) is 8.93. The third kappa shape index (κ3) is 4.23. The monoisotopic (exact) mass is 441 g/mol. The number of benzene rings is 3. The molecule has 1 aliphatic heterocycles. The predicted octanol–water partition coefficient (Wildman–Crippen LogP) is 6.75. The van der Waals surface area contributed by atoms with Gasteiger partial charge in [-0.25, -0.2) is 4.98 Å². The second-order valence-corrected chi connectivity index (χ2v) is 9.28. The summed E-state index contributed by atoms with van der Waals surface area (Å²) in [6, 6.07) is 23.9. The van der Waals surface area contributed by atoms with Crippen LogP contribution in [0.5, 0.6) is 0 Å². The van der Waals surface area contributed by atoms with E-state index in [2.05, 4.69) is 71.2 Å². The molecule has 0 fully saturated rings. The number of hydrogen-bond acceptors (Lipinski definition) is 2. The van der Waals surface area contributed by atoms with Crippen molar-refractivity contribution >= 4 is 11.6 Å². The van der Waals surface area contributed by atoms with E-state index in [9.17, 15) is 0 Å². The SMILES string of the molecule is CC(C)N1CCc2c(Cc3ccc(Cl)c(-c4ncc(-c5ccccc5)[nH]4)c3)cccc2C1. The number of fused-ring (bicyclic) bond motifs is 1. The number of aromatic amines is 1. The van der Waals surface area contributed by atoms with Crippen LogP contribution in [0, 0.1) is 0 Å². The van der Waals surface area contributed by atoms with Crippen molar-refractivity contribution in [1.29, 1.82) is 0 Å². The summed E-state index contributed by atoms with van der Waals surface area (Å²) in [5.74, 6) is 0.804. The molecule has 3 aromatic carbocycles. The molecule has 3 nitrogen and oxygen atoms in total. The van der Waals surface area contributed by atoms with E-state index in [-0.39, 0.29) is 0 Å². The number of halogens is 1. The van der Waals surface area contributed by atoms with Gasteiger partial charge >= 0.3 is 0 Å². The van der Waals surface area contributed by atoms with E-state index in [0.29, 0.717) is 11.1 Å². The predicted molar refractivity (Wildman–Crippen MR) is 133 cm³/mol. The summed E-state index contributed by atoms with van der Waals surface area (Å²) in [4.78, 5) is 10.6. The molecule has 162 valence electrons. The molecule has 2 heterocycles. The molecule has 1 aliphatic rings. The topological polar surface area (TPSA) is 31.9 Å². The fourth-order valence-electron chi connectivity index (χ4n) is 4.62. The normalized spacial score (nSPS) is 14.0. The van der Waals surface area contributed by atoms with Crippen LogP contribution in [0.4, 0.5) is 0 Å². The molecule has 0 amide bonds. The highest BCUT2D eigenvalue weighted by Gasteiger charge is 2.20. The zero-order chi connectivity index (χ0) is 22.1. The lowest BCUT2D eigenvalue weighted by atomic mass is 9.90. The molecule has 1 N–H and O–H groups in total. The first-order chi connectivity index (χ1) is 15.6. The molecule has 32 heavy (non-hydrogen) atoms. The minimum absolute atomic E-state index is 0.583. The average molecular weight is 442 g/mol. The van der Waals surface area contributed by atoms with Gasteiger partial charge in [-0.1, -0.05) is 66.2 Å². The van der Waals surface area contributed by atoms with Crippen molar-refractivity contribution in [3.05, 3.63) is 100 Å². The first kappa shape index (κ1) is 21.0. The maximum Gasteiger partial charge on any atom is 0.139 e. The summed E-state index contributed by atoms with van der Waals surface area (Å²) in [6.45, 7) is 6.73. The molecule has 0 saturated carbocycles. The zero-order valence-corrected chi connectivity index (χ0v) is 19.4. The van der Waals surface area contributed by atoms with Gasteiger partial charge in [0.1, 0.15) is 5.82 Å². The van der Waals surface area contributed by atoms with Crippen molar-refractivity contribution in [1.82, 2.24) is 14.9 Å². The van der Waals surface area contributed by atoms with Crippen molar-refractivity contribution in [3.8, 4) is 22.6 Å². The van der Waals surface area contributed by atoms with Crippen LogP contribution in [0.15, 0.2) is 72.9 Å². The van der Waals surface area contributed by atoms with Gasteiger partial charge in [0.25, 0.3) is 0 Å². The summed E-state index contributed by atoms with van der Waals surface area (Å²) in [6.07, 6.45) is 3.89. The lowest BCUT2D eigenvalue weighted by Gasteiger charge is -2.33. The number of imidazole rings is 1. The van der Waals surface area contributed by atoms with E-state index in [1.54, 1.807) is 0 Å². The van der Waals surface area contributed by atoms with Crippen LogP contribution in [0.3, 0.4) is 0 Å². The summed E-state index contributed by atoms with van der Waals surface area (Å²) in [7, 11) is 0. The van der Waals surface area contributed by atoms with Gasteiger partial charge in [-0.15, -0.1) is 0 Å². The van der Waals surface area contributed by atoms with Gasteiger partial charge in [-0.3, -0.25) is 4.90 Å². The maximum absolute atomic E-state index is 6.58. The number of hydrogen-bond donors (Lipinski definition) is 1. The van der Waals surface area contributed by atoms with Crippen LogP contribution in [-0.4, -0.2) is 27.5 Å². The fraction of sp³-hybridized carbons (Fsp3) is 0.250. The van der Waals surface area contributed by atoms with E-state index in [1.165, 1.54) is 22.3 Å². The third-order valence-electron chi connectivity index (χ3n) is 6.46. The highest BCUT2D eigenvalue weighted by molar-refractivity contribution is 6.33. The molecule has 4 heteroatoms. The fourth-order valence-corrected chi connectivity index (χ4v) is 4.83. The van der Waals surface area contributed by atoms with Crippen LogP contribution >= 0.6 is 11.6 Å². The quantitative estimate of drug-likeness (QED) is 0.371. The highest BCUT2D eigenvalue weighted by atomic mass is 35.5. The van der Waals surface area contributed by atoms with Crippen molar-refractivity contribution in [2.24, 2.45) is 0 Å². The summed E-state index contributed by atoms with van der Waals surface area (Å²) in [5, 5.41) is 0.713. The summed E-state index contributed by atoms with van der Waals surface area (Å²) in [5.41, 5.74) is 8.71. The Labute approximate surface area is 195 Å². The van der Waals surface area contributed by atoms with Crippen LogP contribution < -0.4 is 0 Å². The third-order valence-corrected chi connectivity index (χ3v) is 6.79. The summed E-state index contributed by atoms with van der Waals surface area (Å²) < 4.78 is 0. The molecule has 1 aromatic heterocycles. The molecule has 0 spiro atoms. The highest BCUT2D eigenvalue weighted by Crippen LogP contribution is 2.31. The molecule has 5 rings (SSSR count). The van der Waals surface area contributed by atoms with Crippen molar-refractivity contribution in [2.75, 3.05) is 6.54 Å². The molecular formula is C28H28ClN3. The minimum Gasteiger partial charge on any atom is -0.338 e. The Hall–Kier alpha value is -2.88. The Bertz CT molecular complexity index is 1230. The Balaban J connectivity index is 1.42. The maximum atomic E-state index is 6.58. The Morgan fingerprint density at radius 1 is 1.03 bits per heavy atom.